The van der Waals surface area contributed by atoms with E-state index in [1.54, 1.807) is 29.9 Å². The lowest BCUT2D eigenvalue weighted by Crippen LogP contribution is -2.48. The summed E-state index contributed by atoms with van der Waals surface area (Å²) in [7, 11) is 0. The zero-order valence-corrected chi connectivity index (χ0v) is 14.4. The molecule has 0 spiro atoms. The first-order valence-corrected chi connectivity index (χ1v) is 8.58. The lowest BCUT2D eigenvalue weighted by molar-refractivity contribution is -0.137. The first-order valence-electron chi connectivity index (χ1n) is 8.58. The Labute approximate surface area is 141 Å². The lowest BCUT2D eigenvalue weighted by Gasteiger charge is -2.39. The number of hydrogen-bond donors (Lipinski definition) is 0. The third kappa shape index (κ3) is 2.92. The first kappa shape index (κ1) is 16.6. The van der Waals surface area contributed by atoms with E-state index in [9.17, 15) is 9.59 Å². The average Bonchev–Trinajstić information content (AvgIpc) is 3.10. The molecule has 2 aromatic rings. The predicted molar refractivity (Wildman–Crippen MR) is 89.8 cm³/mol. The second-order valence-corrected chi connectivity index (χ2v) is 6.44. The molecule has 0 N–H and O–H groups in total. The molecule has 3 heterocycles. The zero-order valence-electron chi connectivity index (χ0n) is 14.4. The van der Waals surface area contributed by atoms with Crippen LogP contribution in [0.1, 0.15) is 50.5 Å². The van der Waals surface area contributed by atoms with Crippen LogP contribution in [0.4, 0.5) is 0 Å². The maximum absolute atomic E-state index is 12.9. The number of piperidine rings is 1. The Balaban J connectivity index is 1.90. The summed E-state index contributed by atoms with van der Waals surface area (Å²) in [6.07, 6.45) is 4.75. The van der Waals surface area contributed by atoms with E-state index >= 15 is 0 Å². The van der Waals surface area contributed by atoms with Crippen molar-refractivity contribution >= 4 is 23.0 Å². The normalized spacial score (nSPS) is 21.2. The van der Waals surface area contributed by atoms with Gasteiger partial charge in [0.25, 0.3) is 0 Å². The summed E-state index contributed by atoms with van der Waals surface area (Å²) in [5.41, 5.74) is 1.69. The van der Waals surface area contributed by atoms with Gasteiger partial charge in [0.1, 0.15) is 12.2 Å². The van der Waals surface area contributed by atoms with Gasteiger partial charge >= 0.3 is 5.97 Å². The Hall–Kier alpha value is -2.24. The number of aromatic nitrogens is 1. The van der Waals surface area contributed by atoms with E-state index in [0.717, 1.165) is 24.8 Å². The third-order valence-corrected chi connectivity index (χ3v) is 4.78. The summed E-state index contributed by atoms with van der Waals surface area (Å²) in [4.78, 5) is 27.1. The third-order valence-electron chi connectivity index (χ3n) is 4.78. The molecule has 0 radical (unpaired) electrons. The van der Waals surface area contributed by atoms with Gasteiger partial charge in [-0.2, -0.15) is 0 Å². The summed E-state index contributed by atoms with van der Waals surface area (Å²) < 4.78 is 12.2. The van der Waals surface area contributed by atoms with E-state index in [4.69, 9.17) is 9.15 Å². The molecule has 6 heteroatoms. The van der Waals surface area contributed by atoms with E-state index in [1.165, 1.54) is 0 Å². The Morgan fingerprint density at radius 1 is 1.29 bits per heavy atom. The number of nitrogens with zero attached hydrogens (tertiary/aromatic N) is 2. The van der Waals surface area contributed by atoms with Crippen molar-refractivity contribution in [2.45, 2.75) is 58.7 Å². The molecule has 6 nitrogen and oxygen atoms in total. The highest BCUT2D eigenvalue weighted by Crippen LogP contribution is 2.25. The number of amides is 1. The van der Waals surface area contributed by atoms with Crippen molar-refractivity contribution in [3.8, 4) is 0 Å². The molecule has 3 rings (SSSR count). The molecule has 0 unspecified atom stereocenters. The first-order chi connectivity index (χ1) is 11.5. The van der Waals surface area contributed by atoms with E-state index in [0.29, 0.717) is 17.9 Å². The fraction of sp³-hybridized carbons (Fsp3) is 0.556. The zero-order chi connectivity index (χ0) is 17.3. The molecular formula is C18H24N2O4. The number of hydrogen-bond acceptors (Lipinski definition) is 4. The van der Waals surface area contributed by atoms with Gasteiger partial charge in [-0.1, -0.05) is 0 Å². The Morgan fingerprint density at radius 3 is 2.67 bits per heavy atom. The van der Waals surface area contributed by atoms with Gasteiger partial charge in [0.05, 0.1) is 18.4 Å². The van der Waals surface area contributed by atoms with E-state index < -0.39 is 5.97 Å². The van der Waals surface area contributed by atoms with E-state index in [2.05, 4.69) is 13.8 Å². The predicted octanol–water partition coefficient (Wildman–Crippen LogP) is 3.20. The fourth-order valence-corrected chi connectivity index (χ4v) is 3.65. The maximum atomic E-state index is 12.9. The van der Waals surface area contributed by atoms with Crippen molar-refractivity contribution in [2.75, 3.05) is 6.61 Å². The second kappa shape index (κ2) is 6.71. The minimum Gasteiger partial charge on any atom is -0.463 e. The van der Waals surface area contributed by atoms with Crippen molar-refractivity contribution in [3.05, 3.63) is 24.1 Å². The van der Waals surface area contributed by atoms with Crippen molar-refractivity contribution in [1.82, 2.24) is 9.47 Å². The fourth-order valence-electron chi connectivity index (χ4n) is 3.65. The highest BCUT2D eigenvalue weighted by Gasteiger charge is 2.30. The maximum Gasteiger partial charge on any atom is 0.355 e. The van der Waals surface area contributed by atoms with Crippen LogP contribution in [0.15, 0.2) is 22.8 Å². The number of ether oxygens (including phenoxy) is 1. The molecular weight excluding hydrogens is 308 g/mol. The molecule has 1 fully saturated rings. The van der Waals surface area contributed by atoms with Crippen LogP contribution in [0, 0.1) is 0 Å². The van der Waals surface area contributed by atoms with Gasteiger partial charge in [0, 0.05) is 24.2 Å². The number of likely N-dealkylation sites (tertiary alicyclic amines) is 1. The number of carbonyl (C=O) groups excluding carboxylic acids is 2. The summed E-state index contributed by atoms with van der Waals surface area (Å²) in [5.74, 6) is -0.407. The van der Waals surface area contributed by atoms with Crippen LogP contribution in [0.2, 0.25) is 0 Å². The Bertz CT molecular complexity index is 735. The Morgan fingerprint density at radius 2 is 2.00 bits per heavy atom. The summed E-state index contributed by atoms with van der Waals surface area (Å²) in [6, 6.07) is 3.86. The second-order valence-electron chi connectivity index (χ2n) is 6.44. The van der Waals surface area contributed by atoms with Gasteiger partial charge in [-0.05, 0) is 40.0 Å². The molecule has 24 heavy (non-hydrogen) atoms. The van der Waals surface area contributed by atoms with Crippen LogP contribution >= 0.6 is 0 Å². The number of furan rings is 1. The monoisotopic (exact) mass is 332 g/mol. The minimum atomic E-state index is -0.434. The van der Waals surface area contributed by atoms with Gasteiger partial charge in [0.15, 0.2) is 5.58 Å². The van der Waals surface area contributed by atoms with Crippen LogP contribution in [0.3, 0.4) is 0 Å². The van der Waals surface area contributed by atoms with Gasteiger partial charge in [-0.15, -0.1) is 0 Å². The molecule has 2 aromatic heterocycles. The molecule has 0 saturated carbocycles. The number of rotatable bonds is 4. The molecule has 1 amide bonds. The highest BCUT2D eigenvalue weighted by atomic mass is 16.5. The molecule has 2 atom stereocenters. The largest absolute Gasteiger partial charge is 0.463 e. The number of carbonyl (C=O) groups is 2. The molecule has 1 aliphatic rings. The molecule has 1 aliphatic heterocycles. The number of fused-ring (bicyclic) bond motifs is 1. The molecule has 130 valence electrons. The van der Waals surface area contributed by atoms with Gasteiger partial charge < -0.3 is 18.6 Å². The summed E-state index contributed by atoms with van der Waals surface area (Å²) in [6.45, 7) is 6.34. The van der Waals surface area contributed by atoms with Crippen molar-refractivity contribution in [2.24, 2.45) is 0 Å². The van der Waals surface area contributed by atoms with Crippen molar-refractivity contribution in [3.63, 3.8) is 0 Å². The smallest absolute Gasteiger partial charge is 0.355 e. The van der Waals surface area contributed by atoms with Gasteiger partial charge in [0.2, 0.25) is 5.91 Å². The molecule has 1 saturated heterocycles. The topological polar surface area (TPSA) is 64.7 Å². The van der Waals surface area contributed by atoms with Crippen molar-refractivity contribution < 1.29 is 18.7 Å². The average molecular weight is 332 g/mol. The van der Waals surface area contributed by atoms with E-state index in [1.807, 2.05) is 4.90 Å². The SMILES string of the molecule is CCOC(=O)c1cc2occc2n1CC(=O)N1[C@H](C)CCC[C@H]1C. The van der Waals surface area contributed by atoms with Crippen LogP contribution in [0.25, 0.3) is 11.1 Å². The van der Waals surface area contributed by atoms with Crippen LogP contribution in [-0.4, -0.2) is 40.0 Å². The van der Waals surface area contributed by atoms with Crippen LogP contribution in [0.5, 0.6) is 0 Å². The van der Waals surface area contributed by atoms with Crippen molar-refractivity contribution in [1.29, 1.82) is 0 Å². The summed E-state index contributed by atoms with van der Waals surface area (Å²) >= 11 is 0. The standard InChI is InChI=1S/C18H24N2O4/c1-4-23-18(22)15-10-16-14(8-9-24-16)19(15)11-17(21)20-12(2)6-5-7-13(20)3/h8-10,12-13H,4-7,11H2,1-3H3/t12-,13-/m1/s1. The summed E-state index contributed by atoms with van der Waals surface area (Å²) in [5, 5.41) is 0. The molecule has 0 aliphatic carbocycles. The van der Waals surface area contributed by atoms with Crippen LogP contribution in [-0.2, 0) is 16.1 Å². The van der Waals surface area contributed by atoms with Gasteiger partial charge in [-0.3, -0.25) is 4.79 Å². The van der Waals surface area contributed by atoms with Gasteiger partial charge in [-0.25, -0.2) is 4.79 Å². The Kier molecular flexibility index (Phi) is 4.64. The highest BCUT2D eigenvalue weighted by molar-refractivity contribution is 5.95. The molecule has 0 bridgehead atoms. The minimum absolute atomic E-state index is 0.0268. The molecule has 0 aromatic carbocycles. The number of esters is 1. The quantitative estimate of drug-likeness (QED) is 0.807. The lowest BCUT2D eigenvalue weighted by atomic mass is 9.97. The van der Waals surface area contributed by atoms with E-state index in [-0.39, 0.29) is 24.5 Å². The van der Waals surface area contributed by atoms with Crippen LogP contribution < -0.4 is 0 Å².